The molecular formula is C14H19FN2O. The van der Waals surface area contributed by atoms with Crippen LogP contribution in [0.25, 0.3) is 0 Å². The first-order valence-electron chi connectivity index (χ1n) is 6.38. The Balaban J connectivity index is 1.87. The number of likely N-dealkylation sites (N-methyl/N-ethyl adjacent to an activating group) is 1. The molecule has 98 valence electrons. The molecule has 1 N–H and O–H groups in total. The maximum atomic E-state index is 13.0. The van der Waals surface area contributed by atoms with Gasteiger partial charge in [-0.15, -0.1) is 0 Å². The largest absolute Gasteiger partial charge is 0.358 e. The number of halogens is 1. The summed E-state index contributed by atoms with van der Waals surface area (Å²) >= 11 is 0. The minimum Gasteiger partial charge on any atom is -0.358 e. The van der Waals surface area contributed by atoms with Gasteiger partial charge in [-0.1, -0.05) is 12.1 Å². The highest BCUT2D eigenvalue weighted by molar-refractivity contribution is 5.77. The Morgan fingerprint density at radius 3 is 2.89 bits per heavy atom. The van der Waals surface area contributed by atoms with E-state index in [2.05, 4.69) is 10.2 Å². The average molecular weight is 250 g/mol. The standard InChI is InChI=1S/C14H19FN2O/c1-16-14(18)10-17(13-5-6-13)8-7-11-3-2-4-12(15)9-11/h2-4,9,13H,5-8,10H2,1H3,(H,16,18). The normalized spacial score (nSPS) is 14.8. The second kappa shape index (κ2) is 5.96. The van der Waals surface area contributed by atoms with Crippen molar-refractivity contribution in [2.45, 2.75) is 25.3 Å². The summed E-state index contributed by atoms with van der Waals surface area (Å²) < 4.78 is 13.0. The molecule has 0 aliphatic heterocycles. The first-order chi connectivity index (χ1) is 8.69. The van der Waals surface area contributed by atoms with Crippen molar-refractivity contribution in [3.63, 3.8) is 0 Å². The molecule has 0 radical (unpaired) electrons. The molecule has 1 amide bonds. The minimum absolute atomic E-state index is 0.0427. The van der Waals surface area contributed by atoms with Gasteiger partial charge in [0.1, 0.15) is 5.82 Å². The van der Waals surface area contributed by atoms with E-state index in [0.29, 0.717) is 12.6 Å². The molecule has 0 atom stereocenters. The van der Waals surface area contributed by atoms with E-state index in [1.165, 1.54) is 18.9 Å². The maximum Gasteiger partial charge on any atom is 0.233 e. The van der Waals surface area contributed by atoms with Crippen molar-refractivity contribution >= 4 is 5.91 Å². The van der Waals surface area contributed by atoms with E-state index in [9.17, 15) is 9.18 Å². The molecular weight excluding hydrogens is 231 g/mol. The molecule has 0 saturated heterocycles. The Hall–Kier alpha value is -1.42. The van der Waals surface area contributed by atoms with Crippen molar-refractivity contribution in [1.29, 1.82) is 0 Å². The number of carbonyl (C=O) groups excluding carboxylic acids is 1. The average Bonchev–Trinajstić information content (AvgIpc) is 3.18. The van der Waals surface area contributed by atoms with Crippen LogP contribution in [0, 0.1) is 5.82 Å². The van der Waals surface area contributed by atoms with Crippen LogP contribution in [-0.4, -0.2) is 37.0 Å². The van der Waals surface area contributed by atoms with Crippen molar-refractivity contribution in [3.05, 3.63) is 35.6 Å². The fraction of sp³-hybridized carbons (Fsp3) is 0.500. The molecule has 0 heterocycles. The van der Waals surface area contributed by atoms with Gasteiger partial charge in [-0.25, -0.2) is 4.39 Å². The topological polar surface area (TPSA) is 32.3 Å². The van der Waals surface area contributed by atoms with Gasteiger partial charge in [0.05, 0.1) is 6.54 Å². The molecule has 1 aromatic carbocycles. The summed E-state index contributed by atoms with van der Waals surface area (Å²) in [5, 5.41) is 2.64. The van der Waals surface area contributed by atoms with Crippen molar-refractivity contribution < 1.29 is 9.18 Å². The van der Waals surface area contributed by atoms with Gasteiger partial charge in [-0.05, 0) is 37.0 Å². The predicted octanol–water partition coefficient (Wildman–Crippen LogP) is 1.58. The first-order valence-corrected chi connectivity index (χ1v) is 6.38. The van der Waals surface area contributed by atoms with Crippen LogP contribution < -0.4 is 5.32 Å². The molecule has 0 unspecified atom stereocenters. The van der Waals surface area contributed by atoms with Gasteiger partial charge in [-0.3, -0.25) is 9.69 Å². The van der Waals surface area contributed by atoms with Gasteiger partial charge in [-0.2, -0.15) is 0 Å². The number of rotatable bonds is 6. The second-order valence-electron chi connectivity index (χ2n) is 4.75. The van der Waals surface area contributed by atoms with Gasteiger partial charge >= 0.3 is 0 Å². The number of nitrogens with one attached hydrogen (secondary N) is 1. The fourth-order valence-corrected chi connectivity index (χ4v) is 2.06. The predicted molar refractivity (Wildman–Crippen MR) is 68.8 cm³/mol. The van der Waals surface area contributed by atoms with Gasteiger partial charge < -0.3 is 5.32 Å². The lowest BCUT2D eigenvalue weighted by Crippen LogP contribution is -2.38. The first kappa shape index (κ1) is 13.0. The highest BCUT2D eigenvalue weighted by Crippen LogP contribution is 2.26. The van der Waals surface area contributed by atoms with Gasteiger partial charge in [0.25, 0.3) is 0 Å². The SMILES string of the molecule is CNC(=O)CN(CCc1cccc(F)c1)C1CC1. The van der Waals surface area contributed by atoms with E-state index in [-0.39, 0.29) is 11.7 Å². The summed E-state index contributed by atoms with van der Waals surface area (Å²) in [6, 6.07) is 7.20. The fourth-order valence-electron chi connectivity index (χ4n) is 2.06. The quantitative estimate of drug-likeness (QED) is 0.831. The van der Waals surface area contributed by atoms with Crippen molar-refractivity contribution in [3.8, 4) is 0 Å². The van der Waals surface area contributed by atoms with Crippen LogP contribution in [0.4, 0.5) is 4.39 Å². The Morgan fingerprint density at radius 2 is 2.28 bits per heavy atom. The van der Waals surface area contributed by atoms with Crippen molar-refractivity contribution in [1.82, 2.24) is 10.2 Å². The zero-order chi connectivity index (χ0) is 13.0. The third-order valence-corrected chi connectivity index (χ3v) is 3.27. The lowest BCUT2D eigenvalue weighted by Gasteiger charge is -2.20. The second-order valence-corrected chi connectivity index (χ2v) is 4.75. The summed E-state index contributed by atoms with van der Waals surface area (Å²) in [6.45, 7) is 1.25. The monoisotopic (exact) mass is 250 g/mol. The Labute approximate surface area is 107 Å². The van der Waals surface area contributed by atoms with E-state index in [1.54, 1.807) is 19.2 Å². The van der Waals surface area contributed by atoms with Crippen LogP contribution in [0.1, 0.15) is 18.4 Å². The Bertz CT molecular complexity index is 418. The summed E-state index contributed by atoms with van der Waals surface area (Å²) in [5.74, 6) is -0.155. The van der Waals surface area contributed by atoms with Crippen LogP contribution in [0.2, 0.25) is 0 Å². The minimum atomic E-state index is -0.197. The molecule has 1 aromatic rings. The van der Waals surface area contributed by atoms with Crippen LogP contribution >= 0.6 is 0 Å². The molecule has 2 rings (SSSR count). The van der Waals surface area contributed by atoms with Crippen molar-refractivity contribution in [2.24, 2.45) is 0 Å². The van der Waals surface area contributed by atoms with Gasteiger partial charge in [0, 0.05) is 19.6 Å². The maximum absolute atomic E-state index is 13.0. The highest BCUT2D eigenvalue weighted by Gasteiger charge is 2.29. The van der Waals surface area contributed by atoms with Gasteiger partial charge in [0.15, 0.2) is 0 Å². The molecule has 0 spiro atoms. The zero-order valence-electron chi connectivity index (χ0n) is 10.7. The van der Waals surface area contributed by atoms with Crippen LogP contribution in [0.3, 0.4) is 0 Å². The van der Waals surface area contributed by atoms with Crippen LogP contribution in [0.15, 0.2) is 24.3 Å². The molecule has 1 aliphatic carbocycles. The number of benzene rings is 1. The third kappa shape index (κ3) is 3.81. The molecule has 1 saturated carbocycles. The number of nitrogens with zero attached hydrogens (tertiary/aromatic N) is 1. The molecule has 0 aromatic heterocycles. The molecule has 3 nitrogen and oxygen atoms in total. The van der Waals surface area contributed by atoms with E-state index in [0.717, 1.165) is 18.5 Å². The van der Waals surface area contributed by atoms with E-state index < -0.39 is 0 Å². The van der Waals surface area contributed by atoms with E-state index in [4.69, 9.17) is 0 Å². The van der Waals surface area contributed by atoms with E-state index >= 15 is 0 Å². The van der Waals surface area contributed by atoms with Crippen molar-refractivity contribution in [2.75, 3.05) is 20.1 Å². The lowest BCUT2D eigenvalue weighted by molar-refractivity contribution is -0.121. The Morgan fingerprint density at radius 1 is 1.50 bits per heavy atom. The van der Waals surface area contributed by atoms with Gasteiger partial charge in [0.2, 0.25) is 5.91 Å². The van der Waals surface area contributed by atoms with E-state index in [1.807, 2.05) is 6.07 Å². The third-order valence-electron chi connectivity index (χ3n) is 3.27. The molecule has 1 fully saturated rings. The highest BCUT2D eigenvalue weighted by atomic mass is 19.1. The number of hydrogen-bond donors (Lipinski definition) is 1. The molecule has 1 aliphatic rings. The summed E-state index contributed by atoms with van der Waals surface area (Å²) in [6.07, 6.45) is 3.12. The molecule has 18 heavy (non-hydrogen) atoms. The Kier molecular flexibility index (Phi) is 4.31. The lowest BCUT2D eigenvalue weighted by atomic mass is 10.1. The molecule has 0 bridgehead atoms. The molecule has 4 heteroatoms. The summed E-state index contributed by atoms with van der Waals surface area (Å²) in [5.41, 5.74) is 0.984. The van der Waals surface area contributed by atoms with Crippen LogP contribution in [0.5, 0.6) is 0 Å². The number of hydrogen-bond acceptors (Lipinski definition) is 2. The summed E-state index contributed by atoms with van der Waals surface area (Å²) in [4.78, 5) is 13.6. The smallest absolute Gasteiger partial charge is 0.233 e. The zero-order valence-corrected chi connectivity index (χ0v) is 10.7. The number of carbonyl (C=O) groups is 1. The summed E-state index contributed by atoms with van der Waals surface area (Å²) in [7, 11) is 1.65. The van der Waals surface area contributed by atoms with Crippen LogP contribution in [-0.2, 0) is 11.2 Å². The number of amides is 1.